The summed E-state index contributed by atoms with van der Waals surface area (Å²) in [6, 6.07) is 8.29. The summed E-state index contributed by atoms with van der Waals surface area (Å²) in [4.78, 5) is 0. The van der Waals surface area contributed by atoms with Crippen molar-refractivity contribution in [2.75, 3.05) is 26.2 Å². The van der Waals surface area contributed by atoms with Gasteiger partial charge in [-0.3, -0.25) is 0 Å². The molecule has 1 fully saturated rings. The molecule has 0 bridgehead atoms. The van der Waals surface area contributed by atoms with Crippen LogP contribution in [0.15, 0.2) is 24.3 Å². The van der Waals surface area contributed by atoms with Crippen LogP contribution in [0.3, 0.4) is 0 Å². The van der Waals surface area contributed by atoms with Crippen molar-refractivity contribution in [2.45, 2.75) is 24.5 Å². The van der Waals surface area contributed by atoms with Gasteiger partial charge in [-0.2, -0.15) is 0 Å². The van der Waals surface area contributed by atoms with Crippen LogP contribution in [-0.4, -0.2) is 44.2 Å². The second-order valence-electron chi connectivity index (χ2n) is 5.33. The molecule has 1 N–H and O–H groups in total. The number of sulfonamides is 1. The van der Waals surface area contributed by atoms with E-state index in [1.54, 1.807) is 4.31 Å². The molecule has 0 radical (unpaired) electrons. The predicted octanol–water partition coefficient (Wildman–Crippen LogP) is 0.779. The third-order valence-corrected chi connectivity index (χ3v) is 6.51. The summed E-state index contributed by atoms with van der Waals surface area (Å²) in [5, 5.41) is 2.92. The Morgan fingerprint density at radius 2 is 1.74 bits per heavy atom. The number of nitrogens with zero attached hydrogens (tertiary/aromatic N) is 1. The Labute approximate surface area is 114 Å². The molecule has 104 valence electrons. The molecule has 3 rings (SSSR count). The van der Waals surface area contributed by atoms with Crippen molar-refractivity contribution in [3.63, 3.8) is 0 Å². The average Bonchev–Trinajstić information content (AvgIpc) is 2.86. The molecular weight excluding hydrogens is 260 g/mol. The minimum absolute atomic E-state index is 0.228. The zero-order valence-electron chi connectivity index (χ0n) is 11.0. The highest BCUT2D eigenvalue weighted by Gasteiger charge is 2.34. The second kappa shape index (κ2) is 5.23. The molecule has 0 aromatic heterocycles. The van der Waals surface area contributed by atoms with Gasteiger partial charge in [0.25, 0.3) is 0 Å². The van der Waals surface area contributed by atoms with E-state index in [0.29, 0.717) is 19.6 Å². The molecule has 0 saturated carbocycles. The van der Waals surface area contributed by atoms with Gasteiger partial charge in [-0.1, -0.05) is 24.3 Å². The van der Waals surface area contributed by atoms with Gasteiger partial charge in [-0.05, 0) is 36.9 Å². The van der Waals surface area contributed by atoms with E-state index in [0.717, 1.165) is 25.8 Å². The lowest BCUT2D eigenvalue weighted by molar-refractivity contribution is 0.419. The minimum atomic E-state index is -3.13. The van der Waals surface area contributed by atoms with Crippen LogP contribution in [0.2, 0.25) is 0 Å². The quantitative estimate of drug-likeness (QED) is 0.871. The van der Waals surface area contributed by atoms with Crippen molar-refractivity contribution in [3.8, 4) is 0 Å². The first-order valence-corrected chi connectivity index (χ1v) is 8.45. The average molecular weight is 280 g/mol. The van der Waals surface area contributed by atoms with Crippen molar-refractivity contribution in [1.82, 2.24) is 9.62 Å². The van der Waals surface area contributed by atoms with Gasteiger partial charge in [-0.25, -0.2) is 12.7 Å². The Balaban J connectivity index is 1.78. The molecule has 1 atom stereocenters. The molecule has 0 amide bonds. The van der Waals surface area contributed by atoms with E-state index in [4.69, 9.17) is 0 Å². The van der Waals surface area contributed by atoms with Gasteiger partial charge < -0.3 is 5.32 Å². The summed E-state index contributed by atoms with van der Waals surface area (Å²) in [6.45, 7) is 2.66. The molecule has 1 unspecified atom stereocenters. The van der Waals surface area contributed by atoms with Gasteiger partial charge in [0, 0.05) is 19.6 Å². The number of hydrogen-bond acceptors (Lipinski definition) is 3. The Kier molecular flexibility index (Phi) is 3.60. The van der Waals surface area contributed by atoms with Gasteiger partial charge in [0.05, 0.1) is 5.25 Å². The van der Waals surface area contributed by atoms with E-state index in [2.05, 4.69) is 17.4 Å². The molecule has 19 heavy (non-hydrogen) atoms. The number of benzene rings is 1. The monoisotopic (exact) mass is 280 g/mol. The van der Waals surface area contributed by atoms with Crippen LogP contribution in [0, 0.1) is 0 Å². The standard InChI is InChI=1S/C14H20N2O2S/c17-19(18,14-5-8-15-11-14)16-9-6-12-3-1-2-4-13(12)7-10-16/h1-4,14-15H,5-11H2. The van der Waals surface area contributed by atoms with Crippen LogP contribution in [0.4, 0.5) is 0 Å². The maximum atomic E-state index is 12.6. The highest BCUT2D eigenvalue weighted by atomic mass is 32.2. The molecule has 0 aliphatic carbocycles. The lowest BCUT2D eigenvalue weighted by Crippen LogP contribution is -2.41. The van der Waals surface area contributed by atoms with E-state index in [1.807, 2.05) is 12.1 Å². The minimum Gasteiger partial charge on any atom is -0.315 e. The summed E-state index contributed by atoms with van der Waals surface area (Å²) in [6.07, 6.45) is 2.40. The van der Waals surface area contributed by atoms with Crippen LogP contribution in [0.1, 0.15) is 17.5 Å². The fourth-order valence-electron chi connectivity index (χ4n) is 3.00. The maximum Gasteiger partial charge on any atom is 0.218 e. The van der Waals surface area contributed by atoms with Gasteiger partial charge in [0.2, 0.25) is 10.0 Å². The number of fused-ring (bicyclic) bond motifs is 1. The second-order valence-corrected chi connectivity index (χ2v) is 7.54. The Bertz CT molecular complexity index is 523. The van der Waals surface area contributed by atoms with Gasteiger partial charge in [-0.15, -0.1) is 0 Å². The maximum absolute atomic E-state index is 12.6. The largest absolute Gasteiger partial charge is 0.315 e. The number of nitrogens with one attached hydrogen (secondary N) is 1. The van der Waals surface area contributed by atoms with Crippen molar-refractivity contribution in [1.29, 1.82) is 0 Å². The van der Waals surface area contributed by atoms with Gasteiger partial charge in [0.15, 0.2) is 0 Å². The molecule has 2 heterocycles. The zero-order chi connectivity index (χ0) is 13.3. The Hall–Kier alpha value is -0.910. The van der Waals surface area contributed by atoms with Crippen LogP contribution in [0.5, 0.6) is 0 Å². The van der Waals surface area contributed by atoms with Gasteiger partial charge >= 0.3 is 0 Å². The van der Waals surface area contributed by atoms with Crippen LogP contribution >= 0.6 is 0 Å². The first-order chi connectivity index (χ1) is 9.18. The lowest BCUT2D eigenvalue weighted by atomic mass is 10.0. The molecule has 1 aromatic carbocycles. The highest BCUT2D eigenvalue weighted by molar-refractivity contribution is 7.89. The molecule has 0 spiro atoms. The van der Waals surface area contributed by atoms with Crippen molar-refractivity contribution < 1.29 is 8.42 Å². The van der Waals surface area contributed by atoms with Crippen molar-refractivity contribution >= 4 is 10.0 Å². The third-order valence-electron chi connectivity index (χ3n) is 4.18. The summed E-state index contributed by atoms with van der Waals surface area (Å²) in [5.74, 6) is 0. The summed E-state index contributed by atoms with van der Waals surface area (Å²) in [7, 11) is -3.13. The molecule has 2 aliphatic rings. The first kappa shape index (κ1) is 13.1. The topological polar surface area (TPSA) is 49.4 Å². The molecular formula is C14H20N2O2S. The fraction of sp³-hybridized carbons (Fsp3) is 0.571. The Morgan fingerprint density at radius 3 is 2.26 bits per heavy atom. The molecule has 5 heteroatoms. The normalized spacial score (nSPS) is 24.9. The number of rotatable bonds is 2. The Morgan fingerprint density at radius 1 is 1.11 bits per heavy atom. The van der Waals surface area contributed by atoms with Crippen LogP contribution < -0.4 is 5.32 Å². The van der Waals surface area contributed by atoms with E-state index >= 15 is 0 Å². The van der Waals surface area contributed by atoms with E-state index in [-0.39, 0.29) is 5.25 Å². The van der Waals surface area contributed by atoms with E-state index in [9.17, 15) is 8.42 Å². The molecule has 1 aromatic rings. The first-order valence-electron chi connectivity index (χ1n) is 6.94. The summed E-state index contributed by atoms with van der Waals surface area (Å²) in [5.41, 5.74) is 2.59. The molecule has 4 nitrogen and oxygen atoms in total. The van der Waals surface area contributed by atoms with Crippen molar-refractivity contribution in [2.24, 2.45) is 0 Å². The highest BCUT2D eigenvalue weighted by Crippen LogP contribution is 2.21. The van der Waals surface area contributed by atoms with E-state index < -0.39 is 10.0 Å². The molecule has 1 saturated heterocycles. The predicted molar refractivity (Wildman–Crippen MR) is 75.6 cm³/mol. The SMILES string of the molecule is O=S(=O)(C1CCNC1)N1CCc2ccccc2CC1. The van der Waals surface area contributed by atoms with Crippen LogP contribution in [0.25, 0.3) is 0 Å². The lowest BCUT2D eigenvalue weighted by Gasteiger charge is -2.23. The fourth-order valence-corrected chi connectivity index (χ4v) is 4.85. The summed E-state index contributed by atoms with van der Waals surface area (Å²) >= 11 is 0. The van der Waals surface area contributed by atoms with Crippen molar-refractivity contribution in [3.05, 3.63) is 35.4 Å². The number of hydrogen-bond donors (Lipinski definition) is 1. The van der Waals surface area contributed by atoms with Crippen LogP contribution in [-0.2, 0) is 22.9 Å². The molecule has 2 aliphatic heterocycles. The van der Waals surface area contributed by atoms with E-state index in [1.165, 1.54) is 11.1 Å². The zero-order valence-corrected chi connectivity index (χ0v) is 11.8. The summed E-state index contributed by atoms with van der Waals surface area (Å²) < 4.78 is 26.9. The smallest absolute Gasteiger partial charge is 0.218 e. The third kappa shape index (κ3) is 2.55. The van der Waals surface area contributed by atoms with Gasteiger partial charge in [0.1, 0.15) is 0 Å².